The molecule has 0 atom stereocenters. The van der Waals surface area contributed by atoms with E-state index in [4.69, 9.17) is 10.2 Å². The zero-order valence-electron chi connectivity index (χ0n) is 16.2. The van der Waals surface area contributed by atoms with Gasteiger partial charge in [0.05, 0.1) is 11.9 Å². The highest BCUT2D eigenvalue weighted by Crippen LogP contribution is 2.28. The van der Waals surface area contributed by atoms with Gasteiger partial charge in [-0.05, 0) is 24.3 Å². The predicted octanol–water partition coefficient (Wildman–Crippen LogP) is 2.25. The van der Waals surface area contributed by atoms with E-state index in [1.807, 2.05) is 42.5 Å². The van der Waals surface area contributed by atoms with Crippen LogP contribution in [0.15, 0.2) is 59.3 Å². The summed E-state index contributed by atoms with van der Waals surface area (Å²) in [5.74, 6) is 1.79. The van der Waals surface area contributed by atoms with Gasteiger partial charge in [-0.15, -0.1) is 10.2 Å². The smallest absolute Gasteiger partial charge is 0.270 e. The molecule has 0 bridgehead atoms. The van der Waals surface area contributed by atoms with Crippen molar-refractivity contribution in [2.75, 3.05) is 36.8 Å². The molecule has 0 radical (unpaired) electrons. The summed E-state index contributed by atoms with van der Waals surface area (Å²) in [6, 6.07) is 13.5. The molecule has 1 aliphatic rings. The molecule has 0 aliphatic carbocycles. The molecule has 0 amide bonds. The summed E-state index contributed by atoms with van der Waals surface area (Å²) in [5, 5.41) is 11.6. The van der Waals surface area contributed by atoms with Crippen LogP contribution in [0.4, 0.5) is 11.6 Å². The van der Waals surface area contributed by atoms with E-state index in [1.54, 1.807) is 12.4 Å². The number of benzene rings is 1. The zero-order valence-corrected chi connectivity index (χ0v) is 16.2. The Balaban J connectivity index is 1.48. The highest BCUT2D eigenvalue weighted by atomic mass is 16.4. The van der Waals surface area contributed by atoms with Crippen LogP contribution in [-0.4, -0.2) is 51.3 Å². The van der Waals surface area contributed by atoms with E-state index in [0.717, 1.165) is 43.1 Å². The van der Waals surface area contributed by atoms with Crippen LogP contribution in [0.1, 0.15) is 0 Å². The highest BCUT2D eigenvalue weighted by Gasteiger charge is 2.18. The van der Waals surface area contributed by atoms with Gasteiger partial charge in [-0.2, -0.15) is 0 Å². The monoisotopic (exact) mass is 400 g/mol. The highest BCUT2D eigenvalue weighted by molar-refractivity contribution is 5.70. The number of nitrogens with one attached hydrogen (secondary N) is 1. The number of nitrogens with zero attached hydrogens (tertiary/aromatic N) is 6. The Hall–Kier alpha value is -3.85. The van der Waals surface area contributed by atoms with Crippen molar-refractivity contribution in [3.05, 3.63) is 54.9 Å². The van der Waals surface area contributed by atoms with Crippen LogP contribution in [0.3, 0.4) is 0 Å². The van der Waals surface area contributed by atoms with Crippen molar-refractivity contribution in [1.82, 2.24) is 30.5 Å². The van der Waals surface area contributed by atoms with Gasteiger partial charge in [-0.3, -0.25) is 0 Å². The Labute approximate surface area is 173 Å². The Morgan fingerprint density at radius 1 is 0.933 bits per heavy atom. The van der Waals surface area contributed by atoms with Gasteiger partial charge in [-0.25, -0.2) is 15.0 Å². The van der Waals surface area contributed by atoms with Crippen LogP contribution < -0.4 is 16.0 Å². The van der Waals surface area contributed by atoms with Crippen LogP contribution in [0.25, 0.3) is 34.3 Å². The normalized spacial score (nSPS) is 14.1. The Morgan fingerprint density at radius 3 is 2.57 bits per heavy atom. The van der Waals surface area contributed by atoms with Gasteiger partial charge in [0.15, 0.2) is 11.5 Å². The minimum absolute atomic E-state index is 0.233. The second-order valence-electron chi connectivity index (χ2n) is 6.91. The number of rotatable bonds is 4. The standard InChI is InChI=1S/C21H20N8O/c22-19-18(21-28-27-20(30-21)14-4-2-1-3-5-14)26-16(13-25-19)15-6-7-24-17(12-15)29-10-8-23-9-11-29/h1-7,12-13,23H,8-11H2,(H2,22,25). The van der Waals surface area contributed by atoms with E-state index in [1.165, 1.54) is 0 Å². The van der Waals surface area contributed by atoms with Crippen LogP contribution in [0.5, 0.6) is 0 Å². The average Bonchev–Trinajstić information content (AvgIpc) is 3.31. The number of nitrogens with two attached hydrogens (primary N) is 1. The summed E-state index contributed by atoms with van der Waals surface area (Å²) in [7, 11) is 0. The number of piperazine rings is 1. The number of anilines is 2. The molecular formula is C21H20N8O. The topological polar surface area (TPSA) is 119 Å². The molecule has 0 spiro atoms. The molecule has 5 rings (SSSR count). The molecule has 1 aromatic carbocycles. The number of hydrogen-bond acceptors (Lipinski definition) is 9. The fraction of sp³-hybridized carbons (Fsp3) is 0.190. The van der Waals surface area contributed by atoms with Crippen LogP contribution >= 0.6 is 0 Å². The third-order valence-electron chi connectivity index (χ3n) is 4.93. The molecule has 9 heteroatoms. The lowest BCUT2D eigenvalue weighted by molar-refractivity contribution is 0.582. The predicted molar refractivity (Wildman–Crippen MR) is 113 cm³/mol. The molecule has 4 heterocycles. The fourth-order valence-corrected chi connectivity index (χ4v) is 3.36. The van der Waals surface area contributed by atoms with Crippen molar-refractivity contribution in [2.24, 2.45) is 0 Å². The first-order chi connectivity index (χ1) is 14.8. The first kappa shape index (κ1) is 18.2. The van der Waals surface area contributed by atoms with Gasteiger partial charge in [0.1, 0.15) is 5.82 Å². The average molecular weight is 400 g/mol. The molecule has 0 unspecified atom stereocenters. The third kappa shape index (κ3) is 3.58. The van der Waals surface area contributed by atoms with E-state index < -0.39 is 0 Å². The maximum absolute atomic E-state index is 6.07. The first-order valence-corrected chi connectivity index (χ1v) is 9.72. The van der Waals surface area contributed by atoms with Crippen molar-refractivity contribution in [1.29, 1.82) is 0 Å². The van der Waals surface area contributed by atoms with Crippen molar-refractivity contribution in [3.8, 4) is 34.3 Å². The summed E-state index contributed by atoms with van der Waals surface area (Å²) in [6.45, 7) is 3.72. The molecule has 1 fully saturated rings. The summed E-state index contributed by atoms with van der Waals surface area (Å²) in [6.07, 6.45) is 3.43. The lowest BCUT2D eigenvalue weighted by Gasteiger charge is -2.28. The summed E-state index contributed by atoms with van der Waals surface area (Å²) >= 11 is 0. The van der Waals surface area contributed by atoms with E-state index in [-0.39, 0.29) is 11.7 Å². The lowest BCUT2D eigenvalue weighted by Crippen LogP contribution is -2.43. The molecule has 0 saturated carbocycles. The second kappa shape index (κ2) is 7.88. The molecule has 4 aromatic rings. The van der Waals surface area contributed by atoms with E-state index in [2.05, 4.69) is 35.4 Å². The third-order valence-corrected chi connectivity index (χ3v) is 4.93. The van der Waals surface area contributed by atoms with Crippen LogP contribution in [0.2, 0.25) is 0 Å². The summed E-state index contributed by atoms with van der Waals surface area (Å²) in [5.41, 5.74) is 8.82. The number of hydrogen-bond donors (Lipinski definition) is 2. The van der Waals surface area contributed by atoms with E-state index >= 15 is 0 Å². The zero-order chi connectivity index (χ0) is 20.3. The van der Waals surface area contributed by atoms with Crippen LogP contribution in [0, 0.1) is 0 Å². The molecule has 30 heavy (non-hydrogen) atoms. The molecule has 1 saturated heterocycles. The van der Waals surface area contributed by atoms with Crippen molar-refractivity contribution in [2.45, 2.75) is 0 Å². The molecule has 3 aromatic heterocycles. The molecule has 9 nitrogen and oxygen atoms in total. The molecule has 150 valence electrons. The van der Waals surface area contributed by atoms with Crippen molar-refractivity contribution in [3.63, 3.8) is 0 Å². The largest absolute Gasteiger partial charge is 0.414 e. The van der Waals surface area contributed by atoms with Gasteiger partial charge in [-0.1, -0.05) is 18.2 Å². The van der Waals surface area contributed by atoms with Crippen molar-refractivity contribution >= 4 is 11.6 Å². The minimum Gasteiger partial charge on any atom is -0.414 e. The maximum Gasteiger partial charge on any atom is 0.270 e. The van der Waals surface area contributed by atoms with Gasteiger partial charge >= 0.3 is 0 Å². The molecule has 3 N–H and O–H groups in total. The number of nitrogen functional groups attached to an aromatic ring is 1. The maximum atomic E-state index is 6.07. The fourth-order valence-electron chi connectivity index (χ4n) is 3.36. The van der Waals surface area contributed by atoms with Crippen molar-refractivity contribution < 1.29 is 4.42 Å². The Bertz CT molecular complexity index is 1150. The quantitative estimate of drug-likeness (QED) is 0.531. The number of aromatic nitrogens is 5. The van der Waals surface area contributed by atoms with Gasteiger partial charge in [0.2, 0.25) is 5.89 Å². The Morgan fingerprint density at radius 2 is 1.73 bits per heavy atom. The SMILES string of the molecule is Nc1ncc(-c2ccnc(N3CCNCC3)c2)nc1-c1nnc(-c2ccccc2)o1. The molecule has 1 aliphatic heterocycles. The summed E-state index contributed by atoms with van der Waals surface area (Å²) in [4.78, 5) is 15.7. The minimum atomic E-state index is 0.233. The van der Waals surface area contributed by atoms with E-state index in [9.17, 15) is 0 Å². The lowest BCUT2D eigenvalue weighted by atomic mass is 10.2. The first-order valence-electron chi connectivity index (χ1n) is 9.72. The summed E-state index contributed by atoms with van der Waals surface area (Å²) < 4.78 is 5.81. The van der Waals surface area contributed by atoms with Gasteiger partial charge < -0.3 is 20.4 Å². The Kier molecular flexibility index (Phi) is 4.78. The molecular weight excluding hydrogens is 380 g/mol. The second-order valence-corrected chi connectivity index (χ2v) is 6.91. The van der Waals surface area contributed by atoms with Gasteiger partial charge in [0.25, 0.3) is 5.89 Å². The number of pyridine rings is 1. The van der Waals surface area contributed by atoms with E-state index in [0.29, 0.717) is 17.3 Å². The van der Waals surface area contributed by atoms with Gasteiger partial charge in [0, 0.05) is 43.5 Å². The van der Waals surface area contributed by atoms with Crippen LogP contribution in [-0.2, 0) is 0 Å².